The van der Waals surface area contributed by atoms with Crippen LogP contribution < -0.4 is 0 Å². The van der Waals surface area contributed by atoms with E-state index < -0.39 is 12.2 Å². The normalized spacial score (nSPS) is 13.4. The van der Waals surface area contributed by atoms with Gasteiger partial charge in [-0.25, -0.2) is 0 Å². The zero-order valence-electron chi connectivity index (χ0n) is 13.7. The first-order chi connectivity index (χ1) is 11.7. The number of hydrogen-bond acceptors (Lipinski definition) is 4. The molecular formula is C20H24O4. The van der Waals surface area contributed by atoms with E-state index in [9.17, 15) is 10.2 Å². The summed E-state index contributed by atoms with van der Waals surface area (Å²) >= 11 is 0. The van der Waals surface area contributed by atoms with Gasteiger partial charge in [0.25, 0.3) is 0 Å². The minimum absolute atomic E-state index is 0.217. The largest absolute Gasteiger partial charge is 0.394 e. The van der Waals surface area contributed by atoms with Gasteiger partial charge in [-0.15, -0.1) is 0 Å². The summed E-state index contributed by atoms with van der Waals surface area (Å²) in [5.41, 5.74) is 2.50. The minimum atomic E-state index is -0.589. The lowest BCUT2D eigenvalue weighted by Crippen LogP contribution is -2.37. The predicted octanol–water partition coefficient (Wildman–Crippen LogP) is 2.70. The molecule has 2 N–H and O–H groups in total. The predicted molar refractivity (Wildman–Crippen MR) is 93.3 cm³/mol. The standard InChI is InChI=1S/C20H24O4/c1-16(12-21)20(24-15-18-10-6-3-7-11-18)19(13-22)23-14-17-8-4-2-5-9-17/h2-11,19-22H,1,12-15H2/t19-,20+/m1/s1. The fourth-order valence-electron chi connectivity index (χ4n) is 2.35. The van der Waals surface area contributed by atoms with Crippen molar-refractivity contribution in [3.8, 4) is 0 Å². The summed E-state index contributed by atoms with van der Waals surface area (Å²) in [5, 5.41) is 19.1. The van der Waals surface area contributed by atoms with Gasteiger partial charge in [0.1, 0.15) is 12.2 Å². The monoisotopic (exact) mass is 328 g/mol. The van der Waals surface area contributed by atoms with Gasteiger partial charge < -0.3 is 19.7 Å². The molecule has 2 aromatic carbocycles. The van der Waals surface area contributed by atoms with Crippen molar-refractivity contribution in [2.75, 3.05) is 13.2 Å². The second-order valence-electron chi connectivity index (χ2n) is 5.55. The summed E-state index contributed by atoms with van der Waals surface area (Å²) in [5.74, 6) is 0. The maximum Gasteiger partial charge on any atom is 0.111 e. The van der Waals surface area contributed by atoms with Crippen molar-refractivity contribution < 1.29 is 19.7 Å². The maximum absolute atomic E-state index is 9.69. The molecule has 2 atom stereocenters. The Morgan fingerprint density at radius 2 is 1.33 bits per heavy atom. The van der Waals surface area contributed by atoms with E-state index in [1.54, 1.807) is 0 Å². The molecule has 0 heterocycles. The summed E-state index contributed by atoms with van der Waals surface area (Å²) in [6.45, 7) is 4.12. The number of rotatable bonds is 10. The zero-order chi connectivity index (χ0) is 17.2. The number of aliphatic hydroxyl groups excluding tert-OH is 2. The first kappa shape index (κ1) is 18.4. The van der Waals surface area contributed by atoms with Crippen LogP contribution in [0.25, 0.3) is 0 Å². The van der Waals surface area contributed by atoms with Crippen LogP contribution in [0.15, 0.2) is 72.8 Å². The molecule has 0 radical (unpaired) electrons. The van der Waals surface area contributed by atoms with Crippen molar-refractivity contribution in [1.82, 2.24) is 0 Å². The topological polar surface area (TPSA) is 58.9 Å². The van der Waals surface area contributed by atoms with Crippen LogP contribution in [0.2, 0.25) is 0 Å². The van der Waals surface area contributed by atoms with E-state index in [0.29, 0.717) is 18.8 Å². The van der Waals surface area contributed by atoms with Crippen LogP contribution in [-0.4, -0.2) is 35.6 Å². The third kappa shape index (κ3) is 5.58. The maximum atomic E-state index is 9.69. The van der Waals surface area contributed by atoms with Crippen molar-refractivity contribution >= 4 is 0 Å². The summed E-state index contributed by atoms with van der Waals surface area (Å²) in [7, 11) is 0. The van der Waals surface area contributed by atoms with Crippen LogP contribution >= 0.6 is 0 Å². The molecule has 4 heteroatoms. The lowest BCUT2D eigenvalue weighted by Gasteiger charge is -2.27. The molecule has 2 rings (SSSR count). The van der Waals surface area contributed by atoms with Crippen LogP contribution in [0.1, 0.15) is 11.1 Å². The molecular weight excluding hydrogens is 304 g/mol. The molecule has 0 unspecified atom stereocenters. The summed E-state index contributed by atoms with van der Waals surface area (Å²) < 4.78 is 11.7. The molecule has 24 heavy (non-hydrogen) atoms. The van der Waals surface area contributed by atoms with Crippen LogP contribution in [-0.2, 0) is 22.7 Å². The Labute approximate surface area is 143 Å². The number of hydrogen-bond donors (Lipinski definition) is 2. The highest BCUT2D eigenvalue weighted by atomic mass is 16.5. The van der Waals surface area contributed by atoms with Gasteiger partial charge >= 0.3 is 0 Å². The lowest BCUT2D eigenvalue weighted by atomic mass is 10.1. The highest BCUT2D eigenvalue weighted by Gasteiger charge is 2.25. The van der Waals surface area contributed by atoms with Crippen molar-refractivity contribution in [3.05, 3.63) is 83.9 Å². The van der Waals surface area contributed by atoms with Gasteiger partial charge in [0, 0.05) is 0 Å². The van der Waals surface area contributed by atoms with Crippen LogP contribution in [0, 0.1) is 0 Å². The molecule has 0 bridgehead atoms. The first-order valence-corrected chi connectivity index (χ1v) is 7.95. The highest BCUT2D eigenvalue weighted by molar-refractivity contribution is 5.15. The van der Waals surface area contributed by atoms with E-state index >= 15 is 0 Å². The molecule has 128 valence electrons. The number of ether oxygens (including phenoxy) is 2. The van der Waals surface area contributed by atoms with Gasteiger partial charge in [0.05, 0.1) is 26.4 Å². The van der Waals surface area contributed by atoms with Gasteiger partial charge in [-0.2, -0.15) is 0 Å². The Morgan fingerprint density at radius 3 is 1.79 bits per heavy atom. The average Bonchev–Trinajstić information content (AvgIpc) is 2.65. The molecule has 0 aliphatic heterocycles. The van der Waals surface area contributed by atoms with E-state index in [1.165, 1.54) is 0 Å². The van der Waals surface area contributed by atoms with Gasteiger partial charge in [-0.05, 0) is 16.7 Å². The molecule has 0 aromatic heterocycles. The summed E-state index contributed by atoms with van der Waals surface area (Å²) in [4.78, 5) is 0. The number of benzene rings is 2. The van der Waals surface area contributed by atoms with E-state index in [4.69, 9.17) is 9.47 Å². The SMILES string of the molecule is C=C(CO)[C@H](OCc1ccccc1)[C@@H](CO)OCc1ccccc1. The summed E-state index contributed by atoms with van der Waals surface area (Å²) in [6.07, 6.45) is -1.17. The fraction of sp³-hybridized carbons (Fsp3) is 0.300. The fourth-order valence-corrected chi connectivity index (χ4v) is 2.35. The molecule has 0 spiro atoms. The molecule has 0 saturated heterocycles. The number of aliphatic hydroxyl groups is 2. The van der Waals surface area contributed by atoms with Crippen molar-refractivity contribution in [3.63, 3.8) is 0 Å². The van der Waals surface area contributed by atoms with Crippen LogP contribution in [0.5, 0.6) is 0 Å². The van der Waals surface area contributed by atoms with Crippen molar-refractivity contribution in [2.24, 2.45) is 0 Å². The molecule has 0 aliphatic rings. The van der Waals surface area contributed by atoms with E-state index in [1.807, 2.05) is 60.7 Å². The Hall–Kier alpha value is -1.98. The van der Waals surface area contributed by atoms with Gasteiger partial charge in [-0.1, -0.05) is 67.2 Å². The molecule has 4 nitrogen and oxygen atoms in total. The molecule has 0 aliphatic carbocycles. The van der Waals surface area contributed by atoms with E-state index in [-0.39, 0.29) is 13.2 Å². The van der Waals surface area contributed by atoms with Crippen molar-refractivity contribution in [1.29, 1.82) is 0 Å². The quantitative estimate of drug-likeness (QED) is 0.659. The second-order valence-corrected chi connectivity index (χ2v) is 5.55. The molecule has 0 fully saturated rings. The van der Waals surface area contributed by atoms with Gasteiger partial charge in [0.15, 0.2) is 0 Å². The zero-order valence-corrected chi connectivity index (χ0v) is 13.7. The van der Waals surface area contributed by atoms with Crippen LogP contribution in [0.4, 0.5) is 0 Å². The third-order valence-corrected chi connectivity index (χ3v) is 3.70. The Balaban J connectivity index is 1.99. The Kier molecular flexibility index (Phi) is 7.65. The Bertz CT molecular complexity index is 598. The second kappa shape index (κ2) is 10.0. The Morgan fingerprint density at radius 1 is 0.833 bits per heavy atom. The average molecular weight is 328 g/mol. The lowest BCUT2D eigenvalue weighted by molar-refractivity contribution is -0.0912. The van der Waals surface area contributed by atoms with E-state index in [2.05, 4.69) is 6.58 Å². The first-order valence-electron chi connectivity index (χ1n) is 7.95. The molecule has 0 saturated carbocycles. The van der Waals surface area contributed by atoms with Gasteiger partial charge in [-0.3, -0.25) is 0 Å². The molecule has 0 amide bonds. The highest BCUT2D eigenvalue weighted by Crippen LogP contribution is 2.17. The molecule has 2 aromatic rings. The smallest absolute Gasteiger partial charge is 0.111 e. The third-order valence-electron chi connectivity index (χ3n) is 3.70. The minimum Gasteiger partial charge on any atom is -0.394 e. The summed E-state index contributed by atoms with van der Waals surface area (Å²) in [6, 6.07) is 19.4. The van der Waals surface area contributed by atoms with E-state index in [0.717, 1.165) is 11.1 Å². The van der Waals surface area contributed by atoms with Crippen molar-refractivity contribution in [2.45, 2.75) is 25.4 Å². The van der Waals surface area contributed by atoms with Crippen LogP contribution in [0.3, 0.4) is 0 Å². The van der Waals surface area contributed by atoms with Gasteiger partial charge in [0.2, 0.25) is 0 Å².